The number of halogens is 1. The molecule has 132 valence electrons. The van der Waals surface area contributed by atoms with Gasteiger partial charge in [-0.15, -0.1) is 24.0 Å². The molecule has 0 radical (unpaired) electrons. The van der Waals surface area contributed by atoms with Crippen LogP contribution in [0.1, 0.15) is 19.4 Å². The second kappa shape index (κ2) is 11.1. The zero-order chi connectivity index (χ0) is 16.5. The Morgan fingerprint density at radius 1 is 1.21 bits per heavy atom. The normalized spacial score (nSPS) is 10.7. The van der Waals surface area contributed by atoms with E-state index < -0.39 is 0 Å². The number of hydrogen-bond donors (Lipinski definition) is 2. The van der Waals surface area contributed by atoms with Gasteiger partial charge in [0.1, 0.15) is 0 Å². The summed E-state index contributed by atoms with van der Waals surface area (Å²) in [5, 5.41) is 10.7. The number of anilines is 1. The van der Waals surface area contributed by atoms with Gasteiger partial charge in [0.25, 0.3) is 0 Å². The maximum atomic E-state index is 5.53. The van der Waals surface area contributed by atoms with Gasteiger partial charge in [0, 0.05) is 18.3 Å². The van der Waals surface area contributed by atoms with Crippen molar-refractivity contribution in [1.82, 2.24) is 5.32 Å². The van der Waals surface area contributed by atoms with Crippen molar-refractivity contribution in [1.29, 1.82) is 0 Å². The van der Waals surface area contributed by atoms with E-state index in [1.54, 1.807) is 18.4 Å². The zero-order valence-electron chi connectivity index (χ0n) is 14.2. The van der Waals surface area contributed by atoms with Gasteiger partial charge in [-0.25, -0.2) is 4.99 Å². The standard InChI is InChI=1S/C17H23N3O2S.HI/c1-4-18-17(19-11-13-8-9-23-12-13)20-14-6-7-15(22-5-2)16(10-14)21-3;/h6-10,12H,4-5,11H2,1-3H3,(H2,18,19,20);1H. The summed E-state index contributed by atoms with van der Waals surface area (Å²) in [6.07, 6.45) is 0. The number of benzene rings is 1. The fourth-order valence-corrected chi connectivity index (χ4v) is 2.68. The summed E-state index contributed by atoms with van der Waals surface area (Å²) in [4.78, 5) is 4.59. The third-order valence-electron chi connectivity index (χ3n) is 3.07. The highest BCUT2D eigenvalue weighted by Gasteiger charge is 2.07. The average molecular weight is 461 g/mol. The molecule has 2 rings (SSSR count). The number of hydrogen-bond acceptors (Lipinski definition) is 4. The van der Waals surface area contributed by atoms with Gasteiger partial charge in [0.15, 0.2) is 17.5 Å². The third kappa shape index (κ3) is 6.20. The molecule has 1 heterocycles. The molecule has 1 aromatic heterocycles. The van der Waals surface area contributed by atoms with Crippen LogP contribution in [0.5, 0.6) is 11.5 Å². The van der Waals surface area contributed by atoms with Crippen molar-refractivity contribution in [3.8, 4) is 11.5 Å². The molecular formula is C17H24IN3O2S. The van der Waals surface area contributed by atoms with Crippen molar-refractivity contribution in [2.75, 3.05) is 25.6 Å². The van der Waals surface area contributed by atoms with Gasteiger partial charge in [0.2, 0.25) is 0 Å². The maximum Gasteiger partial charge on any atom is 0.196 e. The highest BCUT2D eigenvalue weighted by atomic mass is 127. The Balaban J connectivity index is 0.00000288. The third-order valence-corrected chi connectivity index (χ3v) is 3.80. The predicted molar refractivity (Wildman–Crippen MR) is 112 cm³/mol. The van der Waals surface area contributed by atoms with E-state index in [2.05, 4.69) is 32.5 Å². The molecule has 7 heteroatoms. The van der Waals surface area contributed by atoms with Crippen molar-refractivity contribution in [3.63, 3.8) is 0 Å². The van der Waals surface area contributed by atoms with E-state index in [4.69, 9.17) is 9.47 Å². The van der Waals surface area contributed by atoms with Crippen molar-refractivity contribution in [2.45, 2.75) is 20.4 Å². The average Bonchev–Trinajstić information content (AvgIpc) is 3.08. The van der Waals surface area contributed by atoms with Crippen LogP contribution in [-0.2, 0) is 6.54 Å². The fraction of sp³-hybridized carbons (Fsp3) is 0.353. The molecule has 24 heavy (non-hydrogen) atoms. The molecule has 0 fully saturated rings. The van der Waals surface area contributed by atoms with E-state index in [-0.39, 0.29) is 24.0 Å². The molecule has 0 unspecified atom stereocenters. The topological polar surface area (TPSA) is 54.9 Å². The molecule has 0 bridgehead atoms. The molecule has 0 atom stereocenters. The summed E-state index contributed by atoms with van der Waals surface area (Å²) in [7, 11) is 1.64. The first-order chi connectivity index (χ1) is 11.3. The van der Waals surface area contributed by atoms with E-state index in [0.29, 0.717) is 18.9 Å². The molecule has 0 aliphatic carbocycles. The summed E-state index contributed by atoms with van der Waals surface area (Å²) in [5.41, 5.74) is 2.10. The van der Waals surface area contributed by atoms with Crippen molar-refractivity contribution < 1.29 is 9.47 Å². The van der Waals surface area contributed by atoms with Crippen LogP contribution < -0.4 is 20.1 Å². The second-order valence-corrected chi connectivity index (χ2v) is 5.53. The van der Waals surface area contributed by atoms with Crippen molar-refractivity contribution >= 4 is 47.0 Å². The summed E-state index contributed by atoms with van der Waals surface area (Å²) >= 11 is 1.68. The summed E-state index contributed by atoms with van der Waals surface area (Å²) in [6, 6.07) is 7.83. The molecule has 0 amide bonds. The monoisotopic (exact) mass is 461 g/mol. The highest BCUT2D eigenvalue weighted by Crippen LogP contribution is 2.30. The SMILES string of the molecule is CCNC(=NCc1ccsc1)Nc1ccc(OCC)c(OC)c1.I. The Kier molecular flexibility index (Phi) is 9.55. The molecule has 0 saturated heterocycles. The smallest absolute Gasteiger partial charge is 0.196 e. The lowest BCUT2D eigenvalue weighted by Gasteiger charge is -2.14. The van der Waals surface area contributed by atoms with Gasteiger partial charge in [-0.05, 0) is 48.4 Å². The first-order valence-corrected chi connectivity index (χ1v) is 8.58. The van der Waals surface area contributed by atoms with E-state index in [1.165, 1.54) is 5.56 Å². The molecule has 2 aromatic rings. The first-order valence-electron chi connectivity index (χ1n) is 7.64. The zero-order valence-corrected chi connectivity index (χ0v) is 17.3. The largest absolute Gasteiger partial charge is 0.493 e. The van der Waals surface area contributed by atoms with E-state index in [9.17, 15) is 0 Å². The van der Waals surface area contributed by atoms with Gasteiger partial charge >= 0.3 is 0 Å². The molecule has 0 spiro atoms. The fourth-order valence-electron chi connectivity index (χ4n) is 2.02. The second-order valence-electron chi connectivity index (χ2n) is 4.75. The van der Waals surface area contributed by atoms with E-state index in [0.717, 1.165) is 23.9 Å². The molecular weight excluding hydrogens is 437 g/mol. The number of guanidine groups is 1. The number of nitrogens with one attached hydrogen (secondary N) is 2. The minimum atomic E-state index is 0. The predicted octanol–water partition coefficient (Wildman–Crippen LogP) is 4.35. The molecule has 1 aromatic carbocycles. The summed E-state index contributed by atoms with van der Waals surface area (Å²) < 4.78 is 10.9. The van der Waals surface area contributed by atoms with Crippen LogP contribution in [0.3, 0.4) is 0 Å². The molecule has 0 aliphatic rings. The Morgan fingerprint density at radius 2 is 2.04 bits per heavy atom. The van der Waals surface area contributed by atoms with Crippen LogP contribution in [0, 0.1) is 0 Å². The Labute approximate surface area is 164 Å². The Bertz CT molecular complexity index is 633. The van der Waals surface area contributed by atoms with E-state index in [1.807, 2.05) is 32.0 Å². The van der Waals surface area contributed by atoms with Gasteiger partial charge < -0.3 is 20.1 Å². The van der Waals surface area contributed by atoms with E-state index >= 15 is 0 Å². The number of nitrogens with zero attached hydrogens (tertiary/aromatic N) is 1. The van der Waals surface area contributed by atoms with Gasteiger partial charge in [-0.2, -0.15) is 11.3 Å². The first kappa shape index (κ1) is 20.6. The van der Waals surface area contributed by atoms with Gasteiger partial charge in [-0.1, -0.05) is 0 Å². The Morgan fingerprint density at radius 3 is 2.67 bits per heavy atom. The number of thiophene rings is 1. The van der Waals surface area contributed by atoms with Crippen LogP contribution in [-0.4, -0.2) is 26.2 Å². The molecule has 2 N–H and O–H groups in total. The number of methoxy groups -OCH3 is 1. The minimum absolute atomic E-state index is 0. The number of aliphatic imine (C=N–C) groups is 1. The summed E-state index contributed by atoms with van der Waals surface area (Å²) in [6.45, 7) is 6.04. The Hall–Kier alpha value is -1.48. The summed E-state index contributed by atoms with van der Waals surface area (Å²) in [5.74, 6) is 2.18. The van der Waals surface area contributed by atoms with Crippen LogP contribution >= 0.6 is 35.3 Å². The van der Waals surface area contributed by atoms with Crippen LogP contribution in [0.15, 0.2) is 40.0 Å². The van der Waals surface area contributed by atoms with Crippen molar-refractivity contribution in [3.05, 3.63) is 40.6 Å². The van der Waals surface area contributed by atoms with Crippen LogP contribution in [0.25, 0.3) is 0 Å². The number of rotatable bonds is 7. The van der Waals surface area contributed by atoms with Crippen LogP contribution in [0.2, 0.25) is 0 Å². The van der Waals surface area contributed by atoms with Gasteiger partial charge in [0.05, 0.1) is 20.3 Å². The lowest BCUT2D eigenvalue weighted by molar-refractivity contribution is 0.311. The maximum absolute atomic E-state index is 5.53. The van der Waals surface area contributed by atoms with Crippen molar-refractivity contribution in [2.24, 2.45) is 4.99 Å². The lowest BCUT2D eigenvalue weighted by Crippen LogP contribution is -2.30. The molecule has 0 saturated carbocycles. The quantitative estimate of drug-likeness (QED) is 0.366. The lowest BCUT2D eigenvalue weighted by atomic mass is 10.2. The van der Waals surface area contributed by atoms with Crippen LogP contribution in [0.4, 0.5) is 5.69 Å². The van der Waals surface area contributed by atoms with Gasteiger partial charge in [-0.3, -0.25) is 0 Å². The number of ether oxygens (including phenoxy) is 2. The molecule has 0 aliphatic heterocycles. The molecule has 5 nitrogen and oxygen atoms in total. The minimum Gasteiger partial charge on any atom is -0.493 e. The highest BCUT2D eigenvalue weighted by molar-refractivity contribution is 14.0.